The Morgan fingerprint density at radius 3 is 2.39 bits per heavy atom. The number of hydrogen-bond donors (Lipinski definition) is 0. The lowest BCUT2D eigenvalue weighted by atomic mass is 9.98. The van der Waals surface area contributed by atoms with E-state index in [-0.39, 0.29) is 5.78 Å². The molecule has 0 fully saturated rings. The molecule has 0 N–H and O–H groups in total. The maximum atomic E-state index is 12.3. The molecular weight excluding hydrogens is 228 g/mol. The number of rotatable bonds is 2. The minimum Gasteiger partial charge on any atom is -0.445 e. The van der Waals surface area contributed by atoms with Gasteiger partial charge < -0.3 is 4.74 Å². The highest BCUT2D eigenvalue weighted by atomic mass is 16.6. The fraction of sp³-hybridized carbons (Fsp3) is 0.0667. The van der Waals surface area contributed by atoms with E-state index >= 15 is 0 Å². The molecule has 3 nitrogen and oxygen atoms in total. The number of carbonyl (C=O) groups is 2. The van der Waals surface area contributed by atoms with Gasteiger partial charge in [0.15, 0.2) is 6.10 Å². The van der Waals surface area contributed by atoms with Crippen molar-refractivity contribution in [2.75, 3.05) is 0 Å². The van der Waals surface area contributed by atoms with Crippen LogP contribution in [-0.2, 0) is 4.74 Å². The van der Waals surface area contributed by atoms with Crippen LogP contribution in [0.5, 0.6) is 0 Å². The molecule has 0 saturated carbocycles. The lowest BCUT2D eigenvalue weighted by Gasteiger charge is -2.09. The molecule has 88 valence electrons. The molecule has 0 amide bonds. The van der Waals surface area contributed by atoms with Gasteiger partial charge in [0, 0.05) is 11.1 Å². The first-order valence-electron chi connectivity index (χ1n) is 5.66. The number of cyclic esters (lactones) is 1. The Hall–Kier alpha value is -2.42. The van der Waals surface area contributed by atoms with E-state index in [1.807, 2.05) is 6.07 Å². The number of esters is 1. The van der Waals surface area contributed by atoms with Crippen LogP contribution in [0, 0.1) is 0 Å². The van der Waals surface area contributed by atoms with Crippen molar-refractivity contribution in [3.05, 3.63) is 71.3 Å². The summed E-state index contributed by atoms with van der Waals surface area (Å²) in [5.41, 5.74) is 1.68. The van der Waals surface area contributed by atoms with Gasteiger partial charge >= 0.3 is 5.97 Å². The maximum Gasteiger partial charge on any atom is 0.339 e. The summed E-state index contributed by atoms with van der Waals surface area (Å²) in [7, 11) is 0. The molecule has 0 spiro atoms. The van der Waals surface area contributed by atoms with E-state index in [1.54, 1.807) is 48.5 Å². The van der Waals surface area contributed by atoms with Crippen molar-refractivity contribution < 1.29 is 14.3 Å². The Morgan fingerprint density at radius 1 is 0.944 bits per heavy atom. The largest absolute Gasteiger partial charge is 0.445 e. The molecule has 2 aromatic rings. The first-order valence-corrected chi connectivity index (χ1v) is 5.66. The minimum absolute atomic E-state index is 0.186. The zero-order valence-electron chi connectivity index (χ0n) is 9.50. The number of fused-ring (bicyclic) bond motifs is 1. The highest BCUT2D eigenvalue weighted by Crippen LogP contribution is 2.32. The number of carbonyl (C=O) groups excluding carboxylic acids is 2. The van der Waals surface area contributed by atoms with Crippen molar-refractivity contribution in [3.8, 4) is 0 Å². The summed E-state index contributed by atoms with van der Waals surface area (Å²) in [6.07, 6.45) is -0.809. The van der Waals surface area contributed by atoms with E-state index in [4.69, 9.17) is 4.74 Å². The molecule has 18 heavy (non-hydrogen) atoms. The van der Waals surface area contributed by atoms with Crippen molar-refractivity contribution in [3.63, 3.8) is 0 Å². The molecule has 0 aliphatic carbocycles. The van der Waals surface area contributed by atoms with E-state index in [0.29, 0.717) is 16.7 Å². The number of benzene rings is 2. The van der Waals surface area contributed by atoms with Crippen LogP contribution in [0.1, 0.15) is 32.4 Å². The summed E-state index contributed by atoms with van der Waals surface area (Å²) in [6.45, 7) is 0. The smallest absolute Gasteiger partial charge is 0.339 e. The van der Waals surface area contributed by atoms with E-state index in [9.17, 15) is 9.59 Å². The quantitative estimate of drug-likeness (QED) is 0.597. The van der Waals surface area contributed by atoms with Gasteiger partial charge in [0.2, 0.25) is 5.78 Å². The van der Waals surface area contributed by atoms with Crippen molar-refractivity contribution in [2.45, 2.75) is 6.10 Å². The fourth-order valence-electron chi connectivity index (χ4n) is 2.09. The van der Waals surface area contributed by atoms with Gasteiger partial charge in [-0.15, -0.1) is 0 Å². The predicted molar refractivity (Wildman–Crippen MR) is 65.4 cm³/mol. The van der Waals surface area contributed by atoms with Crippen LogP contribution in [0.2, 0.25) is 0 Å². The van der Waals surface area contributed by atoms with Gasteiger partial charge in [-0.3, -0.25) is 4.79 Å². The number of ketones is 1. The summed E-state index contributed by atoms with van der Waals surface area (Å²) in [6, 6.07) is 15.8. The predicted octanol–water partition coefficient (Wildman–Crippen LogP) is 2.78. The third kappa shape index (κ3) is 1.61. The fourth-order valence-corrected chi connectivity index (χ4v) is 2.09. The molecule has 1 unspecified atom stereocenters. The average Bonchev–Trinajstić information content (AvgIpc) is 2.77. The summed E-state index contributed by atoms with van der Waals surface area (Å²) in [5, 5.41) is 0. The van der Waals surface area contributed by atoms with Crippen LogP contribution in [0.3, 0.4) is 0 Å². The zero-order chi connectivity index (χ0) is 12.5. The number of ether oxygens (including phenoxy) is 1. The monoisotopic (exact) mass is 238 g/mol. The SMILES string of the molecule is O=C1OC(C(=O)c2ccccc2)c2ccccc21. The Kier molecular flexibility index (Phi) is 2.45. The first kappa shape index (κ1) is 10.7. The number of Topliss-reactive ketones (excluding diaryl/α,β-unsaturated/α-hetero) is 1. The second-order valence-corrected chi connectivity index (χ2v) is 4.10. The van der Waals surface area contributed by atoms with Gasteiger partial charge in [-0.1, -0.05) is 48.5 Å². The lowest BCUT2D eigenvalue weighted by Crippen LogP contribution is -2.12. The zero-order valence-corrected chi connectivity index (χ0v) is 9.50. The second-order valence-electron chi connectivity index (χ2n) is 4.10. The molecular formula is C15H10O3. The van der Waals surface area contributed by atoms with E-state index in [2.05, 4.69) is 0 Å². The molecule has 0 radical (unpaired) electrons. The van der Waals surface area contributed by atoms with E-state index in [0.717, 1.165) is 0 Å². The Morgan fingerprint density at radius 2 is 1.61 bits per heavy atom. The molecule has 0 saturated heterocycles. The molecule has 1 aliphatic heterocycles. The van der Waals surface area contributed by atoms with Gasteiger partial charge in [0.05, 0.1) is 5.56 Å². The Bertz CT molecular complexity index is 617. The number of hydrogen-bond acceptors (Lipinski definition) is 3. The second kappa shape index (κ2) is 4.11. The highest BCUT2D eigenvalue weighted by molar-refractivity contribution is 6.06. The molecule has 1 heterocycles. The van der Waals surface area contributed by atoms with Gasteiger partial charge in [0.1, 0.15) is 0 Å². The van der Waals surface area contributed by atoms with Crippen molar-refractivity contribution in [1.82, 2.24) is 0 Å². The van der Waals surface area contributed by atoms with Crippen molar-refractivity contribution in [2.24, 2.45) is 0 Å². The minimum atomic E-state index is -0.809. The van der Waals surface area contributed by atoms with Crippen LogP contribution in [-0.4, -0.2) is 11.8 Å². The summed E-state index contributed by atoms with van der Waals surface area (Å²) >= 11 is 0. The molecule has 3 heteroatoms. The standard InChI is InChI=1S/C15H10O3/c16-13(10-6-2-1-3-7-10)14-11-8-4-5-9-12(11)15(17)18-14/h1-9,14H. The first-order chi connectivity index (χ1) is 8.77. The summed E-state index contributed by atoms with van der Waals surface area (Å²) in [4.78, 5) is 23.9. The molecule has 1 atom stereocenters. The summed E-state index contributed by atoms with van der Waals surface area (Å²) in [5.74, 6) is -0.617. The van der Waals surface area contributed by atoms with Crippen LogP contribution in [0.25, 0.3) is 0 Å². The molecule has 0 bridgehead atoms. The highest BCUT2D eigenvalue weighted by Gasteiger charge is 2.35. The van der Waals surface area contributed by atoms with Crippen LogP contribution < -0.4 is 0 Å². The maximum absolute atomic E-state index is 12.3. The van der Waals surface area contributed by atoms with Crippen LogP contribution >= 0.6 is 0 Å². The third-order valence-electron chi connectivity index (χ3n) is 2.98. The van der Waals surface area contributed by atoms with E-state index < -0.39 is 12.1 Å². The van der Waals surface area contributed by atoms with Crippen molar-refractivity contribution in [1.29, 1.82) is 0 Å². The van der Waals surface area contributed by atoms with Gasteiger partial charge in [-0.25, -0.2) is 4.79 Å². The van der Waals surface area contributed by atoms with Gasteiger partial charge in [-0.2, -0.15) is 0 Å². The third-order valence-corrected chi connectivity index (χ3v) is 2.98. The normalized spacial score (nSPS) is 17.1. The molecule has 0 aromatic heterocycles. The molecule has 2 aromatic carbocycles. The van der Waals surface area contributed by atoms with E-state index in [1.165, 1.54) is 0 Å². The molecule has 3 rings (SSSR count). The van der Waals surface area contributed by atoms with Crippen LogP contribution in [0.15, 0.2) is 54.6 Å². The molecule has 1 aliphatic rings. The van der Waals surface area contributed by atoms with Gasteiger partial charge in [0.25, 0.3) is 0 Å². The van der Waals surface area contributed by atoms with Crippen molar-refractivity contribution >= 4 is 11.8 Å². The van der Waals surface area contributed by atoms with Gasteiger partial charge in [-0.05, 0) is 6.07 Å². The topological polar surface area (TPSA) is 43.4 Å². The summed E-state index contributed by atoms with van der Waals surface area (Å²) < 4.78 is 5.16. The van der Waals surface area contributed by atoms with Crippen LogP contribution in [0.4, 0.5) is 0 Å². The lowest BCUT2D eigenvalue weighted by molar-refractivity contribution is 0.0355. The average molecular weight is 238 g/mol. The Labute approximate surface area is 104 Å². The Balaban J connectivity index is 2.01.